The fraction of sp³-hybridized carbons (Fsp3) is 0.111. The number of primary amides is 1. The molecule has 194 valence electrons. The molecule has 0 spiro atoms. The van der Waals surface area contributed by atoms with Crippen molar-refractivity contribution in [2.45, 2.75) is 13.5 Å². The van der Waals surface area contributed by atoms with Gasteiger partial charge in [0.05, 0.1) is 33.0 Å². The number of nitrogens with zero attached hydrogens (tertiary/aromatic N) is 1. The van der Waals surface area contributed by atoms with E-state index in [-0.39, 0.29) is 23.1 Å². The fourth-order valence-electron chi connectivity index (χ4n) is 3.56. The summed E-state index contributed by atoms with van der Waals surface area (Å²) in [5, 5.41) is 19.4. The second kappa shape index (κ2) is 11.7. The first-order valence-corrected chi connectivity index (χ1v) is 13.0. The van der Waals surface area contributed by atoms with Crippen molar-refractivity contribution in [1.82, 2.24) is 10.7 Å². The highest BCUT2D eigenvalue weighted by molar-refractivity contribution is 7.16. The van der Waals surface area contributed by atoms with Gasteiger partial charge in [0.1, 0.15) is 11.5 Å². The molecule has 3 amide bonds. The van der Waals surface area contributed by atoms with E-state index in [0.717, 1.165) is 16.9 Å². The number of carbonyl (C=O) groups excluding carboxylic acids is 3. The predicted molar refractivity (Wildman–Crippen MR) is 148 cm³/mol. The van der Waals surface area contributed by atoms with Crippen molar-refractivity contribution in [3.05, 3.63) is 92.5 Å². The molecule has 2 aromatic carbocycles. The number of aromatic hydroxyl groups is 1. The van der Waals surface area contributed by atoms with Gasteiger partial charge in [-0.25, -0.2) is 5.43 Å². The zero-order valence-corrected chi connectivity index (χ0v) is 22.1. The van der Waals surface area contributed by atoms with Crippen molar-refractivity contribution in [1.29, 1.82) is 0 Å². The summed E-state index contributed by atoms with van der Waals surface area (Å²) in [5.41, 5.74) is 10.5. The summed E-state index contributed by atoms with van der Waals surface area (Å²) in [7, 11) is 1.59. The topological polar surface area (TPSA) is 143 Å². The van der Waals surface area contributed by atoms with Gasteiger partial charge in [-0.05, 0) is 60.5 Å². The Labute approximate surface area is 226 Å². The van der Waals surface area contributed by atoms with Gasteiger partial charge in [0, 0.05) is 17.5 Å². The second-order valence-corrected chi connectivity index (χ2v) is 10.0. The largest absolute Gasteiger partial charge is 0.506 e. The number of carbonyl (C=O) groups is 3. The van der Waals surface area contributed by atoms with Crippen molar-refractivity contribution in [3.8, 4) is 21.9 Å². The number of nitrogens with one attached hydrogen (secondary N) is 2. The van der Waals surface area contributed by atoms with Crippen molar-refractivity contribution >= 4 is 46.1 Å². The van der Waals surface area contributed by atoms with Crippen LogP contribution in [0.5, 0.6) is 11.5 Å². The molecule has 0 aliphatic rings. The number of amides is 3. The molecular weight excluding hydrogens is 524 g/mol. The summed E-state index contributed by atoms with van der Waals surface area (Å²) in [6.07, 6.45) is 0. The van der Waals surface area contributed by atoms with Crippen LogP contribution in [-0.2, 0) is 6.54 Å². The van der Waals surface area contributed by atoms with E-state index in [2.05, 4.69) is 15.8 Å². The summed E-state index contributed by atoms with van der Waals surface area (Å²) in [6.45, 7) is 1.79. The quantitative estimate of drug-likeness (QED) is 0.181. The van der Waals surface area contributed by atoms with Crippen LogP contribution < -0.4 is 21.2 Å². The highest BCUT2D eigenvalue weighted by atomic mass is 32.1. The Morgan fingerprint density at radius 1 is 0.974 bits per heavy atom. The number of rotatable bonds is 9. The lowest BCUT2D eigenvalue weighted by atomic mass is 10.1. The van der Waals surface area contributed by atoms with E-state index in [9.17, 15) is 19.5 Å². The molecule has 0 unspecified atom stereocenters. The minimum Gasteiger partial charge on any atom is -0.506 e. The van der Waals surface area contributed by atoms with Crippen LogP contribution in [0.25, 0.3) is 10.4 Å². The summed E-state index contributed by atoms with van der Waals surface area (Å²) >= 11 is 2.37. The number of nitrogens with two attached hydrogens (primary N) is 1. The molecule has 2 heterocycles. The molecule has 0 saturated carbocycles. The molecule has 9 nitrogen and oxygen atoms in total. The molecule has 0 bridgehead atoms. The van der Waals surface area contributed by atoms with Crippen LogP contribution in [0.1, 0.15) is 47.8 Å². The molecule has 0 fully saturated rings. The van der Waals surface area contributed by atoms with Crippen LogP contribution in [0, 0.1) is 0 Å². The summed E-state index contributed by atoms with van der Waals surface area (Å²) in [6, 6.07) is 17.1. The van der Waals surface area contributed by atoms with Gasteiger partial charge in [0.2, 0.25) is 5.91 Å². The van der Waals surface area contributed by atoms with Crippen molar-refractivity contribution < 1.29 is 24.2 Å². The van der Waals surface area contributed by atoms with Gasteiger partial charge in [-0.3, -0.25) is 14.4 Å². The third-order valence-corrected chi connectivity index (χ3v) is 7.71. The van der Waals surface area contributed by atoms with Crippen LogP contribution in [0.4, 0.5) is 0 Å². The van der Waals surface area contributed by atoms with Crippen LogP contribution >= 0.6 is 22.7 Å². The lowest BCUT2D eigenvalue weighted by molar-refractivity contribution is 0.0948. The minimum atomic E-state index is -0.575. The summed E-state index contributed by atoms with van der Waals surface area (Å²) < 4.78 is 5.17. The molecule has 2 aromatic heterocycles. The number of hydrogen-bond acceptors (Lipinski definition) is 8. The standard InChI is InChI=1S/C27H24N4O5S2/c1-15(20-14-37-24(23(20)32)16-7-9-18(36-2)10-8-16)30-31-27(35)22-12-11-21(38-22)26(34)29-13-17-5-3-4-6-19(17)25(28)33/h3-12,14,32H,13H2,1-2H3,(H2,28,33)(H,29,34)(H,31,35)/b30-15+. The van der Waals surface area contributed by atoms with Gasteiger partial charge in [0.15, 0.2) is 0 Å². The Morgan fingerprint density at radius 3 is 2.34 bits per heavy atom. The normalized spacial score (nSPS) is 11.2. The van der Waals surface area contributed by atoms with Crippen molar-refractivity contribution in [2.75, 3.05) is 7.11 Å². The third-order valence-electron chi connectivity index (χ3n) is 5.61. The van der Waals surface area contributed by atoms with E-state index >= 15 is 0 Å². The van der Waals surface area contributed by atoms with Gasteiger partial charge in [-0.2, -0.15) is 5.10 Å². The fourth-order valence-corrected chi connectivity index (χ4v) is 5.39. The maximum Gasteiger partial charge on any atom is 0.281 e. The molecular formula is C27H24N4O5S2. The Kier molecular flexibility index (Phi) is 8.19. The monoisotopic (exact) mass is 548 g/mol. The van der Waals surface area contributed by atoms with E-state index in [4.69, 9.17) is 10.5 Å². The summed E-state index contributed by atoms with van der Waals surface area (Å²) in [4.78, 5) is 38.0. The lowest BCUT2D eigenvalue weighted by Crippen LogP contribution is -2.24. The zero-order chi connectivity index (χ0) is 27.2. The van der Waals surface area contributed by atoms with E-state index in [1.54, 1.807) is 43.7 Å². The molecule has 11 heteroatoms. The van der Waals surface area contributed by atoms with Crippen molar-refractivity contribution in [3.63, 3.8) is 0 Å². The molecule has 0 aliphatic carbocycles. The SMILES string of the molecule is COc1ccc(-c2scc(/C(C)=N/NC(=O)c3ccc(C(=O)NCc4ccccc4C(N)=O)s3)c2O)cc1. The number of benzene rings is 2. The lowest BCUT2D eigenvalue weighted by Gasteiger charge is -2.07. The highest BCUT2D eigenvalue weighted by Crippen LogP contribution is 2.39. The Hall–Kier alpha value is -4.48. The Morgan fingerprint density at radius 2 is 1.66 bits per heavy atom. The first kappa shape index (κ1) is 26.6. The smallest absolute Gasteiger partial charge is 0.281 e. The number of ether oxygens (including phenoxy) is 1. The maximum atomic E-state index is 12.6. The van der Waals surface area contributed by atoms with Crippen molar-refractivity contribution in [2.24, 2.45) is 10.8 Å². The van der Waals surface area contributed by atoms with Gasteiger partial charge in [0.25, 0.3) is 11.8 Å². The van der Waals surface area contributed by atoms with E-state index in [0.29, 0.717) is 37.9 Å². The number of hydrazone groups is 1. The zero-order valence-electron chi connectivity index (χ0n) is 20.5. The minimum absolute atomic E-state index is 0.0728. The van der Waals surface area contributed by atoms with Crippen LogP contribution in [0.3, 0.4) is 0 Å². The molecule has 5 N–H and O–H groups in total. The highest BCUT2D eigenvalue weighted by Gasteiger charge is 2.17. The van der Waals surface area contributed by atoms with Crippen LogP contribution in [0.2, 0.25) is 0 Å². The van der Waals surface area contributed by atoms with Crippen LogP contribution in [-0.4, -0.2) is 35.6 Å². The molecule has 38 heavy (non-hydrogen) atoms. The van der Waals surface area contributed by atoms with Gasteiger partial charge in [-0.1, -0.05) is 18.2 Å². The maximum absolute atomic E-state index is 12.6. The van der Waals surface area contributed by atoms with Gasteiger partial charge in [-0.15, -0.1) is 22.7 Å². The molecule has 4 aromatic rings. The predicted octanol–water partition coefficient (Wildman–Crippen LogP) is 4.37. The summed E-state index contributed by atoms with van der Waals surface area (Å²) in [5.74, 6) is -0.662. The number of hydrogen-bond donors (Lipinski definition) is 4. The van der Waals surface area contributed by atoms with Gasteiger partial charge < -0.3 is 20.9 Å². The average Bonchev–Trinajstić information content (AvgIpc) is 3.58. The molecule has 0 aliphatic heterocycles. The Bertz CT molecular complexity index is 1520. The number of methoxy groups -OCH3 is 1. The molecule has 0 atom stereocenters. The second-order valence-electron chi connectivity index (χ2n) is 8.06. The molecule has 0 radical (unpaired) electrons. The third kappa shape index (κ3) is 5.90. The average molecular weight is 549 g/mol. The molecule has 0 saturated heterocycles. The molecule has 4 rings (SSSR count). The number of thiophene rings is 2. The first-order valence-electron chi connectivity index (χ1n) is 11.3. The van der Waals surface area contributed by atoms with E-state index in [1.807, 2.05) is 24.3 Å². The Balaban J connectivity index is 1.39. The first-order chi connectivity index (χ1) is 18.3. The van der Waals surface area contributed by atoms with Crippen LogP contribution in [0.15, 0.2) is 71.1 Å². The van der Waals surface area contributed by atoms with E-state index in [1.165, 1.54) is 23.5 Å². The van der Waals surface area contributed by atoms with E-state index < -0.39 is 11.8 Å². The van der Waals surface area contributed by atoms with Gasteiger partial charge >= 0.3 is 0 Å².